The zero-order chi connectivity index (χ0) is 15.5. The van der Waals surface area contributed by atoms with Crippen molar-refractivity contribution in [3.05, 3.63) is 29.8 Å². The molecule has 0 aliphatic carbocycles. The van der Waals surface area contributed by atoms with Gasteiger partial charge in [-0.3, -0.25) is 9.59 Å². The number of hydrogen-bond donors (Lipinski definition) is 1. The molecule has 0 aliphatic heterocycles. The summed E-state index contributed by atoms with van der Waals surface area (Å²) in [7, 11) is 1.34. The third-order valence-electron chi connectivity index (χ3n) is 2.98. The van der Waals surface area contributed by atoms with E-state index in [0.717, 1.165) is 24.8 Å². The molecule has 5 heteroatoms. The maximum atomic E-state index is 11.8. The van der Waals surface area contributed by atoms with Crippen molar-refractivity contribution in [3.8, 4) is 0 Å². The molecule has 0 heterocycles. The fourth-order valence-electron chi connectivity index (χ4n) is 1.83. The number of carbonyl (C=O) groups is 2. The van der Waals surface area contributed by atoms with Crippen molar-refractivity contribution in [3.63, 3.8) is 0 Å². The van der Waals surface area contributed by atoms with E-state index in [1.165, 1.54) is 7.11 Å². The van der Waals surface area contributed by atoms with E-state index in [-0.39, 0.29) is 24.9 Å². The molecule has 1 N–H and O–H groups in total. The summed E-state index contributed by atoms with van der Waals surface area (Å²) in [5, 5.41) is 2.76. The van der Waals surface area contributed by atoms with Crippen molar-refractivity contribution >= 4 is 17.6 Å². The molecule has 0 aromatic heterocycles. The molecule has 0 spiro atoms. The first kappa shape index (κ1) is 17.2. The Balaban J connectivity index is 2.46. The molecule has 0 saturated carbocycles. The Morgan fingerprint density at radius 1 is 1.19 bits per heavy atom. The Labute approximate surface area is 125 Å². The van der Waals surface area contributed by atoms with Gasteiger partial charge in [0, 0.05) is 12.3 Å². The Kier molecular flexibility index (Phi) is 8.12. The summed E-state index contributed by atoms with van der Waals surface area (Å²) in [5.41, 5.74) is 1.34. The normalized spacial score (nSPS) is 10.2. The highest BCUT2D eigenvalue weighted by molar-refractivity contribution is 5.93. The van der Waals surface area contributed by atoms with E-state index < -0.39 is 0 Å². The number of nitrogens with one attached hydrogen (secondary N) is 1. The molecule has 1 aromatic carbocycles. The molecule has 0 aliphatic rings. The van der Waals surface area contributed by atoms with Crippen molar-refractivity contribution < 1.29 is 19.1 Å². The Morgan fingerprint density at radius 2 is 1.95 bits per heavy atom. The minimum Gasteiger partial charge on any atom is -0.469 e. The largest absolute Gasteiger partial charge is 0.469 e. The highest BCUT2D eigenvalue weighted by atomic mass is 16.5. The lowest BCUT2D eigenvalue weighted by molar-refractivity contribution is -0.139. The summed E-state index contributed by atoms with van der Waals surface area (Å²) in [5.74, 6) is -0.559. The highest BCUT2D eigenvalue weighted by Crippen LogP contribution is 2.16. The summed E-state index contributed by atoms with van der Waals surface area (Å²) in [6.45, 7) is 2.73. The SMILES string of the molecule is CCCCCOCC(=O)Nc1ccccc1CC(=O)OC. The second-order valence-corrected chi connectivity index (χ2v) is 4.72. The molecular formula is C16H23NO4. The van der Waals surface area contributed by atoms with E-state index >= 15 is 0 Å². The standard InChI is InChI=1S/C16H23NO4/c1-3-4-7-10-21-12-15(18)17-14-9-6-5-8-13(14)11-16(19)20-2/h5-6,8-9H,3-4,7,10-12H2,1-2H3,(H,17,18). The summed E-state index contributed by atoms with van der Waals surface area (Å²) < 4.78 is 9.95. The van der Waals surface area contributed by atoms with Gasteiger partial charge in [0.05, 0.1) is 13.5 Å². The van der Waals surface area contributed by atoms with Crippen LogP contribution >= 0.6 is 0 Å². The van der Waals surface area contributed by atoms with Crippen LogP contribution in [0.3, 0.4) is 0 Å². The molecule has 0 unspecified atom stereocenters. The predicted molar refractivity (Wildman–Crippen MR) is 81.1 cm³/mol. The van der Waals surface area contributed by atoms with Crippen LogP contribution in [0.15, 0.2) is 24.3 Å². The number of ether oxygens (including phenoxy) is 2. The monoisotopic (exact) mass is 293 g/mol. The van der Waals surface area contributed by atoms with Crippen molar-refractivity contribution in [2.24, 2.45) is 0 Å². The summed E-state index contributed by atoms with van der Waals surface area (Å²) in [6, 6.07) is 7.16. The van der Waals surface area contributed by atoms with Crippen LogP contribution in [0.4, 0.5) is 5.69 Å². The zero-order valence-electron chi connectivity index (χ0n) is 12.7. The predicted octanol–water partition coefficient (Wildman–Crippen LogP) is 2.55. The number of hydrogen-bond acceptors (Lipinski definition) is 4. The van der Waals surface area contributed by atoms with Gasteiger partial charge in [0.1, 0.15) is 6.61 Å². The van der Waals surface area contributed by atoms with E-state index in [9.17, 15) is 9.59 Å². The van der Waals surface area contributed by atoms with Gasteiger partial charge in [0.2, 0.25) is 5.91 Å². The van der Waals surface area contributed by atoms with Gasteiger partial charge in [-0.05, 0) is 18.1 Å². The molecule has 1 aromatic rings. The highest BCUT2D eigenvalue weighted by Gasteiger charge is 2.10. The molecule has 0 radical (unpaired) electrons. The lowest BCUT2D eigenvalue weighted by Crippen LogP contribution is -2.20. The average molecular weight is 293 g/mol. The van der Waals surface area contributed by atoms with Crippen molar-refractivity contribution in [2.45, 2.75) is 32.6 Å². The Morgan fingerprint density at radius 3 is 2.67 bits per heavy atom. The molecule has 1 rings (SSSR count). The van der Waals surface area contributed by atoms with E-state index in [1.54, 1.807) is 18.2 Å². The lowest BCUT2D eigenvalue weighted by Gasteiger charge is -2.10. The third kappa shape index (κ3) is 6.90. The van der Waals surface area contributed by atoms with Crippen LogP contribution in [0.1, 0.15) is 31.7 Å². The summed E-state index contributed by atoms with van der Waals surface area (Å²) in [6.07, 6.45) is 3.31. The van der Waals surface area contributed by atoms with Crippen LogP contribution in [0.2, 0.25) is 0 Å². The lowest BCUT2D eigenvalue weighted by atomic mass is 10.1. The van der Waals surface area contributed by atoms with Crippen LogP contribution in [0, 0.1) is 0 Å². The number of carbonyl (C=O) groups excluding carboxylic acids is 2. The van der Waals surface area contributed by atoms with Gasteiger partial charge < -0.3 is 14.8 Å². The van der Waals surface area contributed by atoms with Crippen LogP contribution in [-0.2, 0) is 25.5 Å². The van der Waals surface area contributed by atoms with Crippen LogP contribution < -0.4 is 5.32 Å². The first-order valence-corrected chi connectivity index (χ1v) is 7.19. The molecule has 116 valence electrons. The van der Waals surface area contributed by atoms with Gasteiger partial charge in [0.25, 0.3) is 0 Å². The molecule has 0 fully saturated rings. The summed E-state index contributed by atoms with van der Waals surface area (Å²) >= 11 is 0. The fourth-order valence-corrected chi connectivity index (χ4v) is 1.83. The van der Waals surface area contributed by atoms with Gasteiger partial charge in [-0.15, -0.1) is 0 Å². The third-order valence-corrected chi connectivity index (χ3v) is 2.98. The Bertz CT molecular complexity index is 459. The summed E-state index contributed by atoms with van der Waals surface area (Å²) in [4.78, 5) is 23.1. The van der Waals surface area contributed by atoms with Gasteiger partial charge in [0.15, 0.2) is 0 Å². The minimum absolute atomic E-state index is 0.0241. The van der Waals surface area contributed by atoms with Crippen molar-refractivity contribution in [1.82, 2.24) is 0 Å². The van der Waals surface area contributed by atoms with E-state index in [4.69, 9.17) is 4.74 Å². The quantitative estimate of drug-likeness (QED) is 0.561. The van der Waals surface area contributed by atoms with Gasteiger partial charge in [-0.2, -0.15) is 0 Å². The average Bonchev–Trinajstić information content (AvgIpc) is 2.49. The topological polar surface area (TPSA) is 64.6 Å². The molecular weight excluding hydrogens is 270 g/mol. The second-order valence-electron chi connectivity index (χ2n) is 4.72. The fraction of sp³-hybridized carbons (Fsp3) is 0.500. The molecule has 1 amide bonds. The first-order chi connectivity index (χ1) is 10.2. The smallest absolute Gasteiger partial charge is 0.310 e. The van der Waals surface area contributed by atoms with Gasteiger partial charge >= 0.3 is 5.97 Å². The van der Waals surface area contributed by atoms with E-state index in [1.807, 2.05) is 6.07 Å². The second kappa shape index (κ2) is 9.94. The van der Waals surface area contributed by atoms with Gasteiger partial charge in [-0.1, -0.05) is 38.0 Å². The number of rotatable bonds is 9. The number of anilines is 1. The van der Waals surface area contributed by atoms with Crippen molar-refractivity contribution in [2.75, 3.05) is 25.6 Å². The molecule has 5 nitrogen and oxygen atoms in total. The zero-order valence-corrected chi connectivity index (χ0v) is 12.7. The maximum absolute atomic E-state index is 11.8. The van der Waals surface area contributed by atoms with E-state index in [0.29, 0.717) is 12.3 Å². The molecule has 0 saturated heterocycles. The number of para-hydroxylation sites is 1. The first-order valence-electron chi connectivity index (χ1n) is 7.19. The maximum Gasteiger partial charge on any atom is 0.310 e. The number of unbranched alkanes of at least 4 members (excludes halogenated alkanes) is 2. The van der Waals surface area contributed by atoms with Crippen LogP contribution in [0.25, 0.3) is 0 Å². The molecule has 0 atom stereocenters. The molecule has 0 bridgehead atoms. The van der Waals surface area contributed by atoms with Crippen LogP contribution in [0.5, 0.6) is 0 Å². The Hall–Kier alpha value is -1.88. The van der Waals surface area contributed by atoms with E-state index in [2.05, 4.69) is 17.0 Å². The molecule has 21 heavy (non-hydrogen) atoms. The number of benzene rings is 1. The number of amides is 1. The van der Waals surface area contributed by atoms with Gasteiger partial charge in [-0.25, -0.2) is 0 Å². The number of methoxy groups -OCH3 is 1. The van der Waals surface area contributed by atoms with Crippen molar-refractivity contribution in [1.29, 1.82) is 0 Å². The van der Waals surface area contributed by atoms with Crippen LogP contribution in [-0.4, -0.2) is 32.2 Å². The minimum atomic E-state index is -0.340. The number of esters is 1.